The average molecular weight is 851 g/mol. The maximum atomic E-state index is 7.03. The van der Waals surface area contributed by atoms with Gasteiger partial charge in [0.2, 0.25) is 0 Å². The fraction of sp³-hybridized carbons (Fsp3) is 0.155. The van der Waals surface area contributed by atoms with Crippen molar-refractivity contribution in [1.82, 2.24) is 9.55 Å². The van der Waals surface area contributed by atoms with Crippen LogP contribution >= 0.6 is 11.3 Å². The van der Waals surface area contributed by atoms with E-state index in [0.29, 0.717) is 6.67 Å². The van der Waals surface area contributed by atoms with Crippen LogP contribution in [0, 0.1) is 0 Å². The lowest BCUT2D eigenvalue weighted by atomic mass is 9.86. The minimum atomic E-state index is -0.138. The molecule has 0 bridgehead atoms. The lowest BCUT2D eigenvalue weighted by molar-refractivity contribution is 0.479. The van der Waals surface area contributed by atoms with E-state index in [2.05, 4.69) is 237 Å². The first kappa shape index (κ1) is 39.7. The van der Waals surface area contributed by atoms with Crippen LogP contribution in [0.3, 0.4) is 0 Å². The standard InChI is InChI=1S/C58H50N4OS/c1-57(2,3)40-32-41(60-37-61(52-27-16-15-26-51(52)60)55-44(38-18-9-7-10-19-38)23-17-24-45(55)39-20-11-8-12-21-39)34-43(33-40)63-42-28-29-47-46-22-13-14-25-50(46)62(53(47)35-42)54-36-49(58(4,5)6)48-30-31-64-56(48)59-54/h7-36H,37H2,1-6H3. The Labute approximate surface area is 379 Å². The van der Waals surface area contributed by atoms with Crippen molar-refractivity contribution in [2.24, 2.45) is 0 Å². The highest BCUT2D eigenvalue weighted by atomic mass is 32.1. The van der Waals surface area contributed by atoms with Gasteiger partial charge < -0.3 is 14.5 Å². The van der Waals surface area contributed by atoms with E-state index >= 15 is 0 Å². The molecule has 5 nitrogen and oxygen atoms in total. The zero-order valence-corrected chi connectivity index (χ0v) is 37.9. The first-order valence-corrected chi connectivity index (χ1v) is 23.0. The third-order valence-electron chi connectivity index (χ3n) is 12.6. The zero-order valence-electron chi connectivity index (χ0n) is 37.1. The third-order valence-corrected chi connectivity index (χ3v) is 13.4. The Morgan fingerprint density at radius 1 is 0.516 bits per heavy atom. The number of fused-ring (bicyclic) bond motifs is 5. The molecule has 0 radical (unpaired) electrons. The summed E-state index contributed by atoms with van der Waals surface area (Å²) in [5.41, 5.74) is 13.8. The molecule has 0 saturated carbocycles. The number of benzene rings is 7. The van der Waals surface area contributed by atoms with Gasteiger partial charge in [-0.2, -0.15) is 0 Å². The number of anilines is 4. The molecule has 0 N–H and O–H groups in total. The third kappa shape index (κ3) is 6.90. The number of pyridine rings is 1. The number of ether oxygens (including phenoxy) is 1. The predicted octanol–water partition coefficient (Wildman–Crippen LogP) is 16.4. The van der Waals surface area contributed by atoms with Gasteiger partial charge in [0.25, 0.3) is 0 Å². The molecule has 0 amide bonds. The molecule has 0 unspecified atom stereocenters. The molecule has 1 aliphatic heterocycles. The van der Waals surface area contributed by atoms with E-state index < -0.39 is 0 Å². The van der Waals surface area contributed by atoms with E-state index in [9.17, 15) is 0 Å². The van der Waals surface area contributed by atoms with Crippen LogP contribution in [0.15, 0.2) is 181 Å². The van der Waals surface area contributed by atoms with Crippen LogP contribution in [0.1, 0.15) is 52.7 Å². The van der Waals surface area contributed by atoms with Crippen molar-refractivity contribution in [2.75, 3.05) is 16.5 Å². The van der Waals surface area contributed by atoms with Crippen LogP contribution in [-0.2, 0) is 10.8 Å². The predicted molar refractivity (Wildman–Crippen MR) is 271 cm³/mol. The lowest BCUT2D eigenvalue weighted by Crippen LogP contribution is -2.25. The van der Waals surface area contributed by atoms with Crippen molar-refractivity contribution in [3.8, 4) is 39.6 Å². The first-order valence-electron chi connectivity index (χ1n) is 22.1. The van der Waals surface area contributed by atoms with Gasteiger partial charge in [0.1, 0.15) is 28.8 Å². The first-order chi connectivity index (χ1) is 31.0. The number of rotatable bonds is 7. The van der Waals surface area contributed by atoms with Crippen molar-refractivity contribution < 1.29 is 4.74 Å². The molecule has 11 rings (SSSR count). The normalized spacial score (nSPS) is 13.0. The molecular weight excluding hydrogens is 801 g/mol. The molecule has 6 heteroatoms. The topological polar surface area (TPSA) is 33.5 Å². The molecule has 10 aromatic rings. The Bertz CT molecular complexity index is 3310. The number of para-hydroxylation sites is 4. The van der Waals surface area contributed by atoms with E-state index in [1.807, 2.05) is 0 Å². The second-order valence-corrected chi connectivity index (χ2v) is 19.8. The fourth-order valence-electron chi connectivity index (χ4n) is 9.46. The summed E-state index contributed by atoms with van der Waals surface area (Å²) in [6.45, 7) is 14.3. The van der Waals surface area contributed by atoms with Gasteiger partial charge in [0.05, 0.1) is 28.1 Å². The number of thiophene rings is 1. The van der Waals surface area contributed by atoms with E-state index in [0.717, 1.165) is 55.6 Å². The van der Waals surface area contributed by atoms with Gasteiger partial charge in [-0.3, -0.25) is 4.57 Å². The van der Waals surface area contributed by atoms with Crippen LogP contribution in [-0.4, -0.2) is 16.2 Å². The molecule has 0 spiro atoms. The van der Waals surface area contributed by atoms with Crippen molar-refractivity contribution in [3.63, 3.8) is 0 Å². The molecule has 0 atom stereocenters. The van der Waals surface area contributed by atoms with Crippen molar-refractivity contribution in [2.45, 2.75) is 52.4 Å². The van der Waals surface area contributed by atoms with Crippen LogP contribution in [0.5, 0.6) is 11.5 Å². The molecule has 1 aliphatic rings. The fourth-order valence-corrected chi connectivity index (χ4v) is 10.2. The van der Waals surface area contributed by atoms with Gasteiger partial charge in [-0.15, -0.1) is 11.3 Å². The lowest BCUT2D eigenvalue weighted by Gasteiger charge is -2.28. The minimum absolute atomic E-state index is 0.0534. The quantitative estimate of drug-likeness (QED) is 0.160. The summed E-state index contributed by atoms with van der Waals surface area (Å²) in [7, 11) is 0. The van der Waals surface area contributed by atoms with E-state index in [1.165, 1.54) is 49.8 Å². The smallest absolute Gasteiger partial charge is 0.139 e. The van der Waals surface area contributed by atoms with Crippen LogP contribution in [0.4, 0.5) is 22.7 Å². The largest absolute Gasteiger partial charge is 0.457 e. The highest BCUT2D eigenvalue weighted by molar-refractivity contribution is 7.16. The number of hydrogen-bond acceptors (Lipinski definition) is 5. The molecule has 314 valence electrons. The summed E-state index contributed by atoms with van der Waals surface area (Å²) < 4.78 is 9.34. The Morgan fingerprint density at radius 3 is 1.84 bits per heavy atom. The summed E-state index contributed by atoms with van der Waals surface area (Å²) in [5, 5.41) is 5.73. The second kappa shape index (κ2) is 15.3. The van der Waals surface area contributed by atoms with E-state index in [4.69, 9.17) is 9.72 Å². The maximum absolute atomic E-state index is 7.03. The number of aromatic nitrogens is 2. The van der Waals surface area contributed by atoms with Gasteiger partial charge >= 0.3 is 0 Å². The van der Waals surface area contributed by atoms with Gasteiger partial charge in [0.15, 0.2) is 0 Å². The van der Waals surface area contributed by atoms with Crippen LogP contribution in [0.2, 0.25) is 0 Å². The highest BCUT2D eigenvalue weighted by Crippen LogP contribution is 2.51. The highest BCUT2D eigenvalue weighted by Gasteiger charge is 2.32. The van der Waals surface area contributed by atoms with Crippen LogP contribution in [0.25, 0.3) is 60.1 Å². The van der Waals surface area contributed by atoms with Crippen LogP contribution < -0.4 is 14.5 Å². The molecule has 7 aromatic carbocycles. The average Bonchev–Trinajstić information content (AvgIpc) is 4.03. The number of nitrogens with zero attached hydrogens (tertiary/aromatic N) is 4. The molecule has 0 fully saturated rings. The molecule has 64 heavy (non-hydrogen) atoms. The number of hydrogen-bond donors (Lipinski definition) is 0. The summed E-state index contributed by atoms with van der Waals surface area (Å²) in [4.78, 5) is 11.3. The van der Waals surface area contributed by atoms with Gasteiger partial charge in [-0.25, -0.2) is 4.98 Å². The Hall–Kier alpha value is -7.15. The second-order valence-electron chi connectivity index (χ2n) is 18.9. The Kier molecular flexibility index (Phi) is 9.48. The molecule has 0 aliphatic carbocycles. The van der Waals surface area contributed by atoms with Crippen molar-refractivity contribution in [1.29, 1.82) is 0 Å². The van der Waals surface area contributed by atoms with Gasteiger partial charge in [-0.05, 0) is 93.1 Å². The molecule has 0 saturated heterocycles. The molecular formula is C58H50N4OS. The van der Waals surface area contributed by atoms with Gasteiger partial charge in [0, 0.05) is 45.1 Å². The monoisotopic (exact) mass is 850 g/mol. The Balaban J connectivity index is 1.03. The van der Waals surface area contributed by atoms with Crippen molar-refractivity contribution >= 4 is 66.1 Å². The Morgan fingerprint density at radius 2 is 1.16 bits per heavy atom. The minimum Gasteiger partial charge on any atom is -0.457 e. The van der Waals surface area contributed by atoms with Crippen molar-refractivity contribution in [3.05, 3.63) is 192 Å². The zero-order chi connectivity index (χ0) is 43.7. The summed E-state index contributed by atoms with van der Waals surface area (Å²) in [6.07, 6.45) is 0. The molecule has 4 heterocycles. The van der Waals surface area contributed by atoms with E-state index in [-0.39, 0.29) is 10.8 Å². The maximum Gasteiger partial charge on any atom is 0.139 e. The van der Waals surface area contributed by atoms with E-state index in [1.54, 1.807) is 11.3 Å². The summed E-state index contributed by atoms with van der Waals surface area (Å²) >= 11 is 1.70. The molecule has 3 aromatic heterocycles. The SMILES string of the molecule is CC(C)(C)c1cc(Oc2ccc3c4ccccc4n(-c4cc(C(C)(C)C)c5ccsc5n4)c3c2)cc(N2CN(c3c(-c4ccccc4)cccc3-c3ccccc3)c3ccccc32)c1. The summed E-state index contributed by atoms with van der Waals surface area (Å²) in [6, 6.07) is 63.4. The van der Waals surface area contributed by atoms with Gasteiger partial charge in [-0.1, -0.05) is 151 Å². The summed E-state index contributed by atoms with van der Waals surface area (Å²) in [5.74, 6) is 2.49.